The van der Waals surface area contributed by atoms with Crippen LogP contribution < -0.4 is 10.6 Å². The molecule has 0 aliphatic heterocycles. The summed E-state index contributed by atoms with van der Waals surface area (Å²) in [6, 6.07) is 6.77. The molecule has 6 heteroatoms. The molecule has 0 fully saturated rings. The molecule has 0 aliphatic rings. The molecule has 2 N–H and O–H groups in total. The molecule has 0 bridgehead atoms. The number of nitrogens with one attached hydrogen (secondary N) is 2. The number of nitro benzene ring substituents is 1. The van der Waals surface area contributed by atoms with E-state index < -0.39 is 0 Å². The number of rotatable bonds is 7. The maximum atomic E-state index is 10.6. The molecule has 6 nitrogen and oxygen atoms in total. The average molecular weight is 320 g/mol. The Morgan fingerprint density at radius 3 is 2.39 bits per heavy atom. The Morgan fingerprint density at radius 1 is 1.22 bits per heavy atom. The summed E-state index contributed by atoms with van der Waals surface area (Å²) in [5.74, 6) is 0.843. The second-order valence-electron chi connectivity index (χ2n) is 6.52. The van der Waals surface area contributed by atoms with Crippen molar-refractivity contribution < 1.29 is 4.92 Å². The monoisotopic (exact) mass is 320 g/mol. The van der Waals surface area contributed by atoms with Crippen molar-refractivity contribution in [2.75, 3.05) is 13.1 Å². The van der Waals surface area contributed by atoms with E-state index in [0.717, 1.165) is 43.9 Å². The number of guanidine groups is 1. The van der Waals surface area contributed by atoms with Gasteiger partial charge in [0.1, 0.15) is 0 Å². The molecule has 0 aliphatic carbocycles. The van der Waals surface area contributed by atoms with Crippen molar-refractivity contribution in [2.24, 2.45) is 4.99 Å². The third-order valence-corrected chi connectivity index (χ3v) is 3.13. The number of hydrogen-bond donors (Lipinski definition) is 2. The van der Waals surface area contributed by atoms with Crippen LogP contribution in [0.15, 0.2) is 29.3 Å². The van der Waals surface area contributed by atoms with Gasteiger partial charge in [0, 0.05) is 30.8 Å². The van der Waals surface area contributed by atoms with Gasteiger partial charge in [-0.3, -0.25) is 15.1 Å². The van der Waals surface area contributed by atoms with Crippen LogP contribution in [0.5, 0.6) is 0 Å². The summed E-state index contributed by atoms with van der Waals surface area (Å²) in [6.45, 7) is 9.97. The number of aryl methyl sites for hydroxylation is 1. The van der Waals surface area contributed by atoms with Gasteiger partial charge in [0.05, 0.1) is 4.92 Å². The molecule has 0 aromatic heterocycles. The minimum Gasteiger partial charge on any atom is -0.357 e. The summed E-state index contributed by atoms with van der Waals surface area (Å²) in [5.41, 5.74) is 1.25. The maximum Gasteiger partial charge on any atom is 0.269 e. The number of benzene rings is 1. The Hall–Kier alpha value is -2.11. The Bertz CT molecular complexity index is 518. The standard InChI is InChI=1S/C17H28N4O2/c1-5-18-16(20-17(2,3)4)19-13-7-6-8-14-9-11-15(12-10-14)21(22)23/h9-12H,5-8,13H2,1-4H3,(H2,18,19,20). The molecule has 0 radical (unpaired) electrons. The van der Waals surface area contributed by atoms with Crippen molar-refractivity contribution in [3.8, 4) is 0 Å². The number of aliphatic imine (C=N–C) groups is 1. The largest absolute Gasteiger partial charge is 0.357 e. The summed E-state index contributed by atoms with van der Waals surface area (Å²) in [6.07, 6.45) is 2.91. The first-order chi connectivity index (χ1) is 10.8. The SMILES string of the molecule is CCNC(=NCCCCc1ccc([N+](=O)[O-])cc1)NC(C)(C)C. The number of hydrogen-bond acceptors (Lipinski definition) is 3. The van der Waals surface area contributed by atoms with Crippen LogP contribution in [0.2, 0.25) is 0 Å². The van der Waals surface area contributed by atoms with Crippen molar-refractivity contribution in [2.45, 2.75) is 52.5 Å². The van der Waals surface area contributed by atoms with Crippen LogP contribution in [0.1, 0.15) is 46.1 Å². The van der Waals surface area contributed by atoms with Gasteiger partial charge < -0.3 is 10.6 Å². The van der Waals surface area contributed by atoms with Crippen molar-refractivity contribution in [3.63, 3.8) is 0 Å². The van der Waals surface area contributed by atoms with E-state index in [1.54, 1.807) is 12.1 Å². The van der Waals surface area contributed by atoms with Gasteiger partial charge in [-0.25, -0.2) is 0 Å². The lowest BCUT2D eigenvalue weighted by atomic mass is 10.1. The molecule has 0 amide bonds. The highest BCUT2D eigenvalue weighted by atomic mass is 16.6. The molecule has 0 saturated carbocycles. The molecule has 0 saturated heterocycles. The zero-order valence-corrected chi connectivity index (χ0v) is 14.6. The number of non-ortho nitro benzene ring substituents is 1. The first-order valence-corrected chi connectivity index (χ1v) is 8.11. The van der Waals surface area contributed by atoms with E-state index in [1.165, 1.54) is 0 Å². The average Bonchev–Trinajstić information content (AvgIpc) is 2.46. The fourth-order valence-electron chi connectivity index (χ4n) is 2.08. The Labute approximate surface area is 138 Å². The van der Waals surface area contributed by atoms with Crippen LogP contribution in [-0.2, 0) is 6.42 Å². The van der Waals surface area contributed by atoms with Gasteiger partial charge in [0.25, 0.3) is 5.69 Å². The van der Waals surface area contributed by atoms with E-state index >= 15 is 0 Å². The number of nitro groups is 1. The van der Waals surface area contributed by atoms with Gasteiger partial charge in [0.15, 0.2) is 5.96 Å². The van der Waals surface area contributed by atoms with Gasteiger partial charge >= 0.3 is 0 Å². The molecule has 128 valence electrons. The third kappa shape index (κ3) is 8.18. The van der Waals surface area contributed by atoms with E-state index in [0.29, 0.717) is 0 Å². The second kappa shape index (κ2) is 9.12. The summed E-state index contributed by atoms with van der Waals surface area (Å²) in [5, 5.41) is 17.2. The minimum absolute atomic E-state index is 0.0141. The summed E-state index contributed by atoms with van der Waals surface area (Å²) >= 11 is 0. The fourth-order valence-corrected chi connectivity index (χ4v) is 2.08. The zero-order valence-electron chi connectivity index (χ0n) is 14.6. The molecule has 1 rings (SSSR count). The van der Waals surface area contributed by atoms with Gasteiger partial charge in [-0.05, 0) is 52.5 Å². The van der Waals surface area contributed by atoms with Crippen LogP contribution in [0, 0.1) is 10.1 Å². The smallest absolute Gasteiger partial charge is 0.269 e. The molecular weight excluding hydrogens is 292 g/mol. The highest BCUT2D eigenvalue weighted by Gasteiger charge is 2.11. The quantitative estimate of drug-likeness (QED) is 0.266. The molecule has 0 heterocycles. The third-order valence-electron chi connectivity index (χ3n) is 3.13. The molecule has 1 aromatic carbocycles. The van der Waals surface area contributed by atoms with Crippen LogP contribution in [0.3, 0.4) is 0 Å². The van der Waals surface area contributed by atoms with Gasteiger partial charge in [-0.1, -0.05) is 12.1 Å². The highest BCUT2D eigenvalue weighted by Crippen LogP contribution is 2.13. The van der Waals surface area contributed by atoms with Crippen LogP contribution >= 0.6 is 0 Å². The number of unbranched alkanes of at least 4 members (excludes halogenated alkanes) is 1. The lowest BCUT2D eigenvalue weighted by molar-refractivity contribution is -0.384. The predicted octanol–water partition coefficient (Wildman–Crippen LogP) is 3.27. The highest BCUT2D eigenvalue weighted by molar-refractivity contribution is 5.80. The molecular formula is C17H28N4O2. The minimum atomic E-state index is -0.372. The van der Waals surface area contributed by atoms with E-state index in [9.17, 15) is 10.1 Å². The lowest BCUT2D eigenvalue weighted by Crippen LogP contribution is -2.47. The summed E-state index contributed by atoms with van der Waals surface area (Å²) in [4.78, 5) is 14.8. The lowest BCUT2D eigenvalue weighted by Gasteiger charge is -2.23. The van der Waals surface area contributed by atoms with Gasteiger partial charge in [-0.15, -0.1) is 0 Å². The van der Waals surface area contributed by atoms with Gasteiger partial charge in [-0.2, -0.15) is 0 Å². The second-order valence-corrected chi connectivity index (χ2v) is 6.52. The first-order valence-electron chi connectivity index (χ1n) is 8.11. The van der Waals surface area contributed by atoms with E-state index in [4.69, 9.17) is 0 Å². The van der Waals surface area contributed by atoms with Crippen molar-refractivity contribution in [1.29, 1.82) is 0 Å². The zero-order chi connectivity index (χ0) is 17.3. The van der Waals surface area contributed by atoms with E-state index in [1.807, 2.05) is 12.1 Å². The molecule has 23 heavy (non-hydrogen) atoms. The maximum absolute atomic E-state index is 10.6. The van der Waals surface area contributed by atoms with Crippen molar-refractivity contribution in [1.82, 2.24) is 10.6 Å². The van der Waals surface area contributed by atoms with Gasteiger partial charge in [0.2, 0.25) is 0 Å². The van der Waals surface area contributed by atoms with Crippen molar-refractivity contribution >= 4 is 11.6 Å². The molecule has 0 spiro atoms. The molecule has 1 aromatic rings. The fraction of sp³-hybridized carbons (Fsp3) is 0.588. The Morgan fingerprint density at radius 2 is 1.87 bits per heavy atom. The van der Waals surface area contributed by atoms with Crippen LogP contribution in [0.25, 0.3) is 0 Å². The predicted molar refractivity (Wildman–Crippen MR) is 94.9 cm³/mol. The summed E-state index contributed by atoms with van der Waals surface area (Å²) in [7, 11) is 0. The topological polar surface area (TPSA) is 79.6 Å². The van der Waals surface area contributed by atoms with E-state index in [-0.39, 0.29) is 16.1 Å². The Balaban J connectivity index is 2.37. The van der Waals surface area contributed by atoms with E-state index in [2.05, 4.69) is 43.3 Å². The molecule has 0 unspecified atom stereocenters. The normalized spacial score (nSPS) is 12.1. The van der Waals surface area contributed by atoms with Crippen LogP contribution in [-0.4, -0.2) is 29.5 Å². The molecule has 0 atom stereocenters. The van der Waals surface area contributed by atoms with Crippen LogP contribution in [0.4, 0.5) is 5.69 Å². The summed E-state index contributed by atoms with van der Waals surface area (Å²) < 4.78 is 0. The van der Waals surface area contributed by atoms with Crippen molar-refractivity contribution in [3.05, 3.63) is 39.9 Å². The number of nitrogens with zero attached hydrogens (tertiary/aromatic N) is 2. The first kappa shape index (κ1) is 18.9. The Kier molecular flexibility index (Phi) is 7.51.